The minimum absolute atomic E-state index is 0. The predicted molar refractivity (Wildman–Crippen MR) is 62.3 cm³/mol. The minimum Gasteiger partial charge on any atom is -1.00 e. The van der Waals surface area contributed by atoms with E-state index in [0.29, 0.717) is 0 Å². The molecule has 2 fully saturated rings. The van der Waals surface area contributed by atoms with Crippen molar-refractivity contribution >= 4 is 0 Å². The molecule has 1 saturated heterocycles. The van der Waals surface area contributed by atoms with Crippen LogP contribution < -0.4 is 24.0 Å². The molecule has 0 radical (unpaired) electrons. The summed E-state index contributed by atoms with van der Waals surface area (Å²) in [6.45, 7) is 2.39. The number of benzene rings is 1. The van der Waals surface area contributed by atoms with Gasteiger partial charge in [0, 0.05) is 17.9 Å². The molecule has 3 rings (SSSR count). The standard InChI is InChI=1S/C14H19FN.HI/c1-16(10-12-4-7-14(16)8-12)9-11-2-5-13(15)6-3-11;/h2-3,5-6,12,14H,4,7-10H2,1H3;1H/q+1;/p-1/t12?,14?,16-;/m1./s1. The van der Waals surface area contributed by atoms with E-state index in [1.54, 1.807) is 12.1 Å². The van der Waals surface area contributed by atoms with Crippen molar-refractivity contribution in [2.24, 2.45) is 5.92 Å². The summed E-state index contributed by atoms with van der Waals surface area (Å²) in [6.07, 6.45) is 4.24. The normalized spacial score (nSPS) is 34.7. The summed E-state index contributed by atoms with van der Waals surface area (Å²) in [6, 6.07) is 7.89. The van der Waals surface area contributed by atoms with E-state index in [1.165, 1.54) is 35.9 Å². The minimum atomic E-state index is -0.130. The van der Waals surface area contributed by atoms with Gasteiger partial charge in [0.15, 0.2) is 0 Å². The summed E-state index contributed by atoms with van der Waals surface area (Å²) in [7, 11) is 2.37. The molecule has 1 aliphatic heterocycles. The van der Waals surface area contributed by atoms with Crippen molar-refractivity contribution in [2.45, 2.75) is 31.8 Å². The molecule has 0 aromatic heterocycles. The molecule has 1 aromatic carbocycles. The van der Waals surface area contributed by atoms with Gasteiger partial charge in [0.2, 0.25) is 0 Å². The zero-order valence-electron chi connectivity index (χ0n) is 10.2. The van der Waals surface area contributed by atoms with E-state index < -0.39 is 0 Å². The predicted octanol–water partition coefficient (Wildman–Crippen LogP) is -0.0414. The van der Waals surface area contributed by atoms with Crippen molar-refractivity contribution in [1.82, 2.24) is 0 Å². The monoisotopic (exact) mass is 347 g/mol. The van der Waals surface area contributed by atoms with Crippen LogP contribution in [0.25, 0.3) is 0 Å². The molecule has 2 bridgehead atoms. The molecule has 17 heavy (non-hydrogen) atoms. The first kappa shape index (κ1) is 13.3. The Bertz CT molecular complexity index is 392. The van der Waals surface area contributed by atoms with E-state index in [0.717, 1.165) is 18.5 Å². The number of halogens is 2. The second-order valence-corrected chi connectivity index (χ2v) is 5.78. The summed E-state index contributed by atoms with van der Waals surface area (Å²) >= 11 is 0. The highest BCUT2D eigenvalue weighted by Gasteiger charge is 2.48. The second kappa shape index (κ2) is 4.84. The highest BCUT2D eigenvalue weighted by Crippen LogP contribution is 2.42. The van der Waals surface area contributed by atoms with E-state index in [1.807, 2.05) is 12.1 Å². The van der Waals surface area contributed by atoms with Crippen molar-refractivity contribution in [3.63, 3.8) is 0 Å². The summed E-state index contributed by atoms with van der Waals surface area (Å²) in [5, 5.41) is 0. The zero-order chi connectivity index (χ0) is 11.2. The summed E-state index contributed by atoms with van der Waals surface area (Å²) in [5.41, 5.74) is 1.27. The fraction of sp³-hybridized carbons (Fsp3) is 0.571. The summed E-state index contributed by atoms with van der Waals surface area (Å²) in [4.78, 5) is 0. The van der Waals surface area contributed by atoms with Crippen LogP contribution in [0.2, 0.25) is 0 Å². The van der Waals surface area contributed by atoms with Gasteiger partial charge in [-0.15, -0.1) is 0 Å². The average Bonchev–Trinajstić information content (AvgIpc) is 2.81. The van der Waals surface area contributed by atoms with Gasteiger partial charge in [-0.2, -0.15) is 0 Å². The lowest BCUT2D eigenvalue weighted by molar-refractivity contribution is -0.938. The van der Waals surface area contributed by atoms with Gasteiger partial charge in [-0.3, -0.25) is 0 Å². The Morgan fingerprint density at radius 1 is 1.24 bits per heavy atom. The van der Waals surface area contributed by atoms with Crippen LogP contribution in [-0.4, -0.2) is 24.1 Å². The number of quaternary nitrogens is 1. The van der Waals surface area contributed by atoms with Gasteiger partial charge in [0.05, 0.1) is 19.6 Å². The summed E-state index contributed by atoms with van der Waals surface area (Å²) < 4.78 is 14.0. The van der Waals surface area contributed by atoms with Crippen LogP contribution in [0.5, 0.6) is 0 Å². The van der Waals surface area contributed by atoms with Gasteiger partial charge in [-0.05, 0) is 25.0 Å². The molecule has 1 aliphatic carbocycles. The quantitative estimate of drug-likeness (QED) is 0.520. The number of likely N-dealkylation sites (tertiary alicyclic amines) is 1. The molecule has 0 N–H and O–H groups in total. The highest BCUT2D eigenvalue weighted by atomic mass is 127. The fourth-order valence-electron chi connectivity index (χ4n) is 3.72. The van der Waals surface area contributed by atoms with Gasteiger partial charge in [-0.1, -0.05) is 12.1 Å². The van der Waals surface area contributed by atoms with Gasteiger partial charge < -0.3 is 28.5 Å². The number of hydrogen-bond acceptors (Lipinski definition) is 0. The van der Waals surface area contributed by atoms with Gasteiger partial charge in [0.25, 0.3) is 0 Å². The lowest BCUT2D eigenvalue weighted by Gasteiger charge is -2.38. The van der Waals surface area contributed by atoms with Crippen molar-refractivity contribution in [3.8, 4) is 0 Å². The number of hydrogen-bond donors (Lipinski definition) is 0. The highest BCUT2D eigenvalue weighted by molar-refractivity contribution is 5.15. The molecular weight excluding hydrogens is 328 g/mol. The molecule has 3 heteroatoms. The van der Waals surface area contributed by atoms with E-state index in [-0.39, 0.29) is 29.8 Å². The lowest BCUT2D eigenvalue weighted by atomic mass is 10.1. The largest absolute Gasteiger partial charge is 1.00 e. The zero-order valence-corrected chi connectivity index (χ0v) is 12.4. The molecular formula is C14H19FIN. The fourth-order valence-corrected chi connectivity index (χ4v) is 3.72. The molecule has 3 atom stereocenters. The Hall–Kier alpha value is -0.160. The topological polar surface area (TPSA) is 0 Å². The van der Waals surface area contributed by atoms with E-state index in [2.05, 4.69) is 7.05 Å². The first-order chi connectivity index (χ1) is 7.66. The Morgan fingerprint density at radius 3 is 2.47 bits per heavy atom. The van der Waals surface area contributed by atoms with Gasteiger partial charge in [0.1, 0.15) is 12.4 Å². The van der Waals surface area contributed by atoms with Crippen LogP contribution in [-0.2, 0) is 6.54 Å². The molecule has 1 saturated carbocycles. The van der Waals surface area contributed by atoms with E-state index in [9.17, 15) is 4.39 Å². The summed E-state index contributed by atoms with van der Waals surface area (Å²) in [5.74, 6) is 0.824. The molecule has 0 amide bonds. The van der Waals surface area contributed by atoms with E-state index in [4.69, 9.17) is 0 Å². The number of nitrogens with zero attached hydrogens (tertiary/aromatic N) is 1. The lowest BCUT2D eigenvalue weighted by Crippen LogP contribution is -3.00. The van der Waals surface area contributed by atoms with Crippen molar-refractivity contribution < 1.29 is 32.9 Å². The third kappa shape index (κ3) is 2.50. The number of rotatable bonds is 2. The maximum absolute atomic E-state index is 12.8. The maximum Gasteiger partial charge on any atom is 0.123 e. The van der Waals surface area contributed by atoms with Crippen LogP contribution >= 0.6 is 0 Å². The van der Waals surface area contributed by atoms with Gasteiger partial charge >= 0.3 is 0 Å². The Balaban J connectivity index is 0.00000108. The average molecular weight is 347 g/mol. The van der Waals surface area contributed by atoms with Crippen molar-refractivity contribution in [1.29, 1.82) is 0 Å². The Labute approximate surface area is 120 Å². The Kier molecular flexibility index (Phi) is 3.78. The molecule has 1 nitrogen and oxygen atoms in total. The van der Waals surface area contributed by atoms with Crippen LogP contribution in [0, 0.1) is 11.7 Å². The van der Waals surface area contributed by atoms with Crippen LogP contribution in [0.3, 0.4) is 0 Å². The van der Waals surface area contributed by atoms with Crippen LogP contribution in [0.4, 0.5) is 4.39 Å². The first-order valence-electron chi connectivity index (χ1n) is 6.24. The number of piperidine rings is 1. The van der Waals surface area contributed by atoms with Crippen molar-refractivity contribution in [3.05, 3.63) is 35.6 Å². The van der Waals surface area contributed by atoms with Crippen LogP contribution in [0.1, 0.15) is 24.8 Å². The molecule has 1 heterocycles. The first-order valence-corrected chi connectivity index (χ1v) is 6.24. The molecule has 94 valence electrons. The SMILES string of the molecule is C[N@@+]1(Cc2ccc(F)cc2)CC2CCC1C2.[I-]. The molecule has 0 spiro atoms. The maximum atomic E-state index is 12.8. The third-order valence-electron chi connectivity index (χ3n) is 4.53. The molecule has 2 unspecified atom stereocenters. The van der Waals surface area contributed by atoms with Crippen LogP contribution in [0.15, 0.2) is 24.3 Å². The molecule has 2 aliphatic rings. The van der Waals surface area contributed by atoms with Crippen molar-refractivity contribution in [2.75, 3.05) is 13.6 Å². The van der Waals surface area contributed by atoms with Gasteiger partial charge in [-0.25, -0.2) is 4.39 Å². The molecule has 1 aromatic rings. The third-order valence-corrected chi connectivity index (χ3v) is 4.53. The number of fused-ring (bicyclic) bond motifs is 2. The second-order valence-electron chi connectivity index (χ2n) is 5.78. The Morgan fingerprint density at radius 2 is 1.94 bits per heavy atom. The van der Waals surface area contributed by atoms with E-state index >= 15 is 0 Å². The smallest absolute Gasteiger partial charge is 0.123 e.